The van der Waals surface area contributed by atoms with Crippen molar-refractivity contribution in [2.24, 2.45) is 0 Å². The van der Waals surface area contributed by atoms with E-state index in [1.165, 1.54) is 23.5 Å². The van der Waals surface area contributed by atoms with Crippen molar-refractivity contribution in [1.29, 1.82) is 0 Å². The van der Waals surface area contributed by atoms with Gasteiger partial charge in [0.25, 0.3) is 5.91 Å². The lowest BCUT2D eigenvalue weighted by atomic mass is 10.0. The maximum atomic E-state index is 13.3. The summed E-state index contributed by atoms with van der Waals surface area (Å²) in [5.74, 6) is -0.295. The van der Waals surface area contributed by atoms with E-state index in [0.29, 0.717) is 5.56 Å². The van der Waals surface area contributed by atoms with E-state index >= 15 is 0 Å². The Morgan fingerprint density at radius 1 is 1.20 bits per heavy atom. The maximum Gasteiger partial charge on any atom is 0.251 e. The highest BCUT2D eigenvalue weighted by atomic mass is 32.1. The Hall–Kier alpha value is -2.54. The van der Waals surface area contributed by atoms with Crippen molar-refractivity contribution in [2.75, 3.05) is 18.0 Å². The van der Waals surface area contributed by atoms with E-state index in [-0.39, 0.29) is 17.8 Å². The Morgan fingerprint density at radius 3 is 2.72 bits per heavy atom. The molecule has 7 heteroatoms. The van der Waals surface area contributed by atoms with Crippen LogP contribution < -0.4 is 10.2 Å². The van der Waals surface area contributed by atoms with Crippen molar-refractivity contribution in [3.8, 4) is 0 Å². The number of amides is 1. The molecule has 0 aliphatic carbocycles. The average Bonchev–Trinajstić information content (AvgIpc) is 3.06. The average molecular weight is 356 g/mol. The van der Waals surface area contributed by atoms with Crippen LogP contribution in [0, 0.1) is 5.82 Å². The third kappa shape index (κ3) is 3.46. The fraction of sp³-hybridized carbons (Fsp3) is 0.278. The van der Waals surface area contributed by atoms with E-state index in [1.54, 1.807) is 30.6 Å². The van der Waals surface area contributed by atoms with E-state index < -0.39 is 0 Å². The maximum absolute atomic E-state index is 13.3. The van der Waals surface area contributed by atoms with Crippen LogP contribution in [0.15, 0.2) is 42.7 Å². The molecule has 0 saturated carbocycles. The second kappa shape index (κ2) is 6.76. The predicted molar refractivity (Wildman–Crippen MR) is 96.5 cm³/mol. The molecule has 0 spiro atoms. The molecule has 0 atom stereocenters. The minimum atomic E-state index is -0.236. The van der Waals surface area contributed by atoms with Crippen LogP contribution in [-0.2, 0) is 0 Å². The summed E-state index contributed by atoms with van der Waals surface area (Å²) >= 11 is 1.51. The minimum Gasteiger partial charge on any atom is -0.349 e. The summed E-state index contributed by atoms with van der Waals surface area (Å²) in [5.41, 5.74) is 1.46. The quantitative estimate of drug-likeness (QED) is 0.783. The first kappa shape index (κ1) is 16.0. The molecular formula is C18H17FN4OS. The summed E-state index contributed by atoms with van der Waals surface area (Å²) in [7, 11) is 0. The Balaban J connectivity index is 1.38. The molecule has 0 radical (unpaired) electrons. The lowest BCUT2D eigenvalue weighted by Gasteiger charge is -2.32. The number of hydrogen-bond donors (Lipinski definition) is 1. The van der Waals surface area contributed by atoms with Gasteiger partial charge in [-0.1, -0.05) is 11.3 Å². The van der Waals surface area contributed by atoms with Crippen LogP contribution in [0.4, 0.5) is 9.52 Å². The van der Waals surface area contributed by atoms with Crippen molar-refractivity contribution < 1.29 is 9.18 Å². The van der Waals surface area contributed by atoms with Crippen molar-refractivity contribution >= 4 is 32.6 Å². The van der Waals surface area contributed by atoms with Gasteiger partial charge in [-0.2, -0.15) is 0 Å². The molecule has 1 aliphatic heterocycles. The molecule has 1 amide bonds. The van der Waals surface area contributed by atoms with Crippen LogP contribution in [0.5, 0.6) is 0 Å². The molecule has 4 rings (SSSR count). The van der Waals surface area contributed by atoms with E-state index in [4.69, 9.17) is 0 Å². The van der Waals surface area contributed by atoms with Crippen LogP contribution in [0.1, 0.15) is 23.2 Å². The first-order valence-electron chi connectivity index (χ1n) is 8.21. The highest BCUT2D eigenvalue weighted by Gasteiger charge is 2.23. The lowest BCUT2D eigenvalue weighted by Crippen LogP contribution is -2.44. The van der Waals surface area contributed by atoms with Gasteiger partial charge < -0.3 is 10.2 Å². The van der Waals surface area contributed by atoms with Crippen molar-refractivity contribution in [3.05, 3.63) is 54.1 Å². The minimum absolute atomic E-state index is 0.0590. The summed E-state index contributed by atoms with van der Waals surface area (Å²) in [4.78, 5) is 22.9. The summed E-state index contributed by atoms with van der Waals surface area (Å²) in [5, 5.41) is 4.00. The number of nitrogens with zero attached hydrogens (tertiary/aromatic N) is 3. The predicted octanol–water partition coefficient (Wildman–Crippen LogP) is 3.23. The monoisotopic (exact) mass is 356 g/mol. The van der Waals surface area contributed by atoms with Gasteiger partial charge in [-0.05, 0) is 43.2 Å². The number of halogens is 1. The molecule has 3 heterocycles. The SMILES string of the molecule is O=C(NC1CCN(c2nc3ccc(F)cc3s2)CC1)c1ccncc1. The summed E-state index contributed by atoms with van der Waals surface area (Å²) in [6.07, 6.45) is 4.96. The molecule has 0 unspecified atom stereocenters. The molecule has 2 aromatic heterocycles. The van der Waals surface area contributed by atoms with Crippen molar-refractivity contribution in [3.63, 3.8) is 0 Å². The molecule has 1 aliphatic rings. The van der Waals surface area contributed by atoms with Crippen LogP contribution >= 0.6 is 11.3 Å². The first-order chi connectivity index (χ1) is 12.2. The smallest absolute Gasteiger partial charge is 0.251 e. The molecule has 1 N–H and O–H groups in total. The Kier molecular flexibility index (Phi) is 4.31. The van der Waals surface area contributed by atoms with Gasteiger partial charge in [0, 0.05) is 37.1 Å². The topological polar surface area (TPSA) is 58.1 Å². The zero-order valence-electron chi connectivity index (χ0n) is 13.5. The molecule has 0 bridgehead atoms. The highest BCUT2D eigenvalue weighted by Crippen LogP contribution is 2.30. The third-order valence-corrected chi connectivity index (χ3v) is 5.46. The number of hydrogen-bond acceptors (Lipinski definition) is 5. The van der Waals surface area contributed by atoms with Gasteiger partial charge in [-0.15, -0.1) is 0 Å². The molecule has 5 nitrogen and oxygen atoms in total. The largest absolute Gasteiger partial charge is 0.349 e. The standard InChI is InChI=1S/C18H17FN4OS/c19-13-1-2-15-16(11-13)25-18(22-15)23-9-5-14(6-10-23)21-17(24)12-3-7-20-8-4-12/h1-4,7-8,11,14H,5-6,9-10H2,(H,21,24). The van der Waals surface area contributed by atoms with Gasteiger partial charge >= 0.3 is 0 Å². The molecule has 1 aromatic carbocycles. The Morgan fingerprint density at radius 2 is 1.96 bits per heavy atom. The number of rotatable bonds is 3. The van der Waals surface area contributed by atoms with Crippen LogP contribution in [0.2, 0.25) is 0 Å². The van der Waals surface area contributed by atoms with Gasteiger partial charge in [-0.3, -0.25) is 9.78 Å². The van der Waals surface area contributed by atoms with Gasteiger partial charge in [-0.25, -0.2) is 9.37 Å². The number of pyridine rings is 1. The molecule has 1 fully saturated rings. The summed E-state index contributed by atoms with van der Waals surface area (Å²) in [6.45, 7) is 1.65. The normalized spacial score (nSPS) is 15.5. The summed E-state index contributed by atoms with van der Waals surface area (Å²) in [6, 6.07) is 8.26. The number of carbonyl (C=O) groups excluding carboxylic acids is 1. The van der Waals surface area contributed by atoms with Crippen LogP contribution in [0.3, 0.4) is 0 Å². The number of carbonyl (C=O) groups is 1. The zero-order chi connectivity index (χ0) is 17.2. The first-order valence-corrected chi connectivity index (χ1v) is 9.02. The fourth-order valence-corrected chi connectivity index (χ4v) is 4.05. The van der Waals surface area contributed by atoms with Gasteiger partial charge in [0.2, 0.25) is 0 Å². The molecular weight excluding hydrogens is 339 g/mol. The van der Waals surface area contributed by atoms with Gasteiger partial charge in [0.05, 0.1) is 10.2 Å². The Labute approximate surface area is 148 Å². The van der Waals surface area contributed by atoms with Crippen LogP contribution in [-0.4, -0.2) is 35.0 Å². The number of thiazole rings is 1. The van der Waals surface area contributed by atoms with Crippen molar-refractivity contribution in [2.45, 2.75) is 18.9 Å². The fourth-order valence-electron chi connectivity index (χ4n) is 3.01. The van der Waals surface area contributed by atoms with E-state index in [2.05, 4.69) is 20.2 Å². The van der Waals surface area contributed by atoms with E-state index in [0.717, 1.165) is 41.3 Å². The summed E-state index contributed by atoms with van der Waals surface area (Å²) < 4.78 is 14.2. The van der Waals surface area contributed by atoms with E-state index in [9.17, 15) is 9.18 Å². The lowest BCUT2D eigenvalue weighted by molar-refractivity contribution is 0.0931. The second-order valence-corrected chi connectivity index (χ2v) is 7.09. The van der Waals surface area contributed by atoms with Crippen molar-refractivity contribution in [1.82, 2.24) is 15.3 Å². The molecule has 1 saturated heterocycles. The number of anilines is 1. The van der Waals surface area contributed by atoms with Gasteiger partial charge in [0.15, 0.2) is 5.13 Å². The second-order valence-electron chi connectivity index (χ2n) is 6.08. The van der Waals surface area contributed by atoms with Gasteiger partial charge in [0.1, 0.15) is 5.82 Å². The van der Waals surface area contributed by atoms with Crippen LogP contribution in [0.25, 0.3) is 10.2 Å². The number of aromatic nitrogens is 2. The Bertz CT molecular complexity index is 890. The number of fused-ring (bicyclic) bond motifs is 1. The zero-order valence-corrected chi connectivity index (χ0v) is 14.3. The molecule has 3 aromatic rings. The molecule has 25 heavy (non-hydrogen) atoms. The van der Waals surface area contributed by atoms with E-state index in [1.807, 2.05) is 0 Å². The number of nitrogens with one attached hydrogen (secondary N) is 1. The number of benzene rings is 1. The third-order valence-electron chi connectivity index (χ3n) is 4.38. The highest BCUT2D eigenvalue weighted by molar-refractivity contribution is 7.22. The number of piperidine rings is 1. The molecule has 128 valence electrons.